The van der Waals surface area contributed by atoms with Gasteiger partial charge in [0.1, 0.15) is 5.52 Å². The lowest BCUT2D eigenvalue weighted by molar-refractivity contribution is 0.0940. The van der Waals surface area contributed by atoms with Crippen LogP contribution in [-0.2, 0) is 6.54 Å². The number of nitrogens with zero attached hydrogens (tertiary/aromatic N) is 3. The van der Waals surface area contributed by atoms with Gasteiger partial charge in [0.05, 0.1) is 17.6 Å². The second-order valence-corrected chi connectivity index (χ2v) is 5.67. The molecule has 124 valence electrons. The third-order valence-corrected chi connectivity index (χ3v) is 3.95. The molecule has 2 aromatic heterocycles. The summed E-state index contributed by atoms with van der Waals surface area (Å²) in [5.41, 5.74) is 9.33. The number of aromatic nitrogens is 4. The van der Waals surface area contributed by atoms with Crippen LogP contribution in [0.3, 0.4) is 0 Å². The predicted octanol–water partition coefficient (Wildman–Crippen LogP) is 2.36. The van der Waals surface area contributed by atoms with Gasteiger partial charge in [-0.2, -0.15) is 0 Å². The minimum atomic E-state index is -0.234. The summed E-state index contributed by atoms with van der Waals surface area (Å²) >= 11 is 0. The van der Waals surface area contributed by atoms with Crippen molar-refractivity contribution >= 4 is 27.8 Å². The molecule has 4 rings (SSSR count). The molecule has 0 saturated carbocycles. The number of fused-ring (bicyclic) bond motifs is 2. The molecular weight excluding hydrogens is 316 g/mol. The van der Waals surface area contributed by atoms with Crippen molar-refractivity contribution in [3.63, 3.8) is 0 Å². The van der Waals surface area contributed by atoms with Crippen LogP contribution >= 0.6 is 0 Å². The first-order valence-corrected chi connectivity index (χ1v) is 7.81. The predicted molar refractivity (Wildman–Crippen MR) is 95.6 cm³/mol. The molecule has 0 atom stereocenters. The maximum Gasteiger partial charge on any atom is 0.271 e. The fraction of sp³-hybridized carbons (Fsp3) is 0.0556. The normalized spacial score (nSPS) is 10.9. The van der Waals surface area contributed by atoms with Crippen molar-refractivity contribution in [2.45, 2.75) is 6.54 Å². The summed E-state index contributed by atoms with van der Waals surface area (Å²) in [5, 5.41) is 9.07. The number of para-hydroxylation sites is 2. The summed E-state index contributed by atoms with van der Waals surface area (Å²) in [4.78, 5) is 15.4. The smallest absolute Gasteiger partial charge is 0.271 e. The van der Waals surface area contributed by atoms with E-state index >= 15 is 0 Å². The number of rotatable bonds is 5. The van der Waals surface area contributed by atoms with Crippen LogP contribution in [0.4, 0.5) is 0 Å². The van der Waals surface area contributed by atoms with E-state index in [0.717, 1.165) is 21.9 Å². The van der Waals surface area contributed by atoms with Gasteiger partial charge in [-0.05, 0) is 18.2 Å². The highest BCUT2D eigenvalue weighted by Gasteiger charge is 2.11. The number of hydrazine groups is 1. The molecule has 0 unspecified atom stereocenters. The average molecular weight is 332 g/mol. The Kier molecular flexibility index (Phi) is 3.66. The van der Waals surface area contributed by atoms with Crippen LogP contribution in [0.5, 0.6) is 0 Å². The summed E-state index contributed by atoms with van der Waals surface area (Å²) in [5.74, 6) is -0.234. The fourth-order valence-corrected chi connectivity index (χ4v) is 2.73. The van der Waals surface area contributed by atoms with Crippen molar-refractivity contribution in [2.75, 3.05) is 0 Å². The fourth-order valence-electron chi connectivity index (χ4n) is 2.73. The van der Waals surface area contributed by atoms with Crippen LogP contribution in [0, 0.1) is 0 Å². The highest BCUT2D eigenvalue weighted by molar-refractivity contribution is 6.06. The average Bonchev–Trinajstić information content (AvgIpc) is 3.24. The van der Waals surface area contributed by atoms with Gasteiger partial charge >= 0.3 is 0 Å². The first-order valence-electron chi connectivity index (χ1n) is 7.81. The third kappa shape index (κ3) is 2.83. The van der Waals surface area contributed by atoms with Gasteiger partial charge in [-0.1, -0.05) is 42.1 Å². The number of benzene rings is 2. The third-order valence-electron chi connectivity index (χ3n) is 3.95. The molecule has 0 fully saturated rings. The Bertz CT molecular complexity index is 1080. The molecule has 0 saturated heterocycles. The van der Waals surface area contributed by atoms with E-state index < -0.39 is 0 Å². The van der Waals surface area contributed by atoms with Crippen LogP contribution in [0.25, 0.3) is 21.9 Å². The largest absolute Gasteiger partial charge is 0.360 e. The zero-order valence-corrected chi connectivity index (χ0v) is 13.4. The lowest BCUT2D eigenvalue weighted by atomic mass is 10.2. The number of hydrogen-bond acceptors (Lipinski definition) is 4. The molecule has 0 spiro atoms. The van der Waals surface area contributed by atoms with Gasteiger partial charge < -0.3 is 10.4 Å². The highest BCUT2D eigenvalue weighted by Crippen LogP contribution is 2.17. The molecule has 0 bridgehead atoms. The number of allylic oxidation sites excluding steroid dienone is 1. The minimum Gasteiger partial charge on any atom is -0.360 e. The van der Waals surface area contributed by atoms with Crippen molar-refractivity contribution in [3.05, 3.63) is 72.6 Å². The van der Waals surface area contributed by atoms with Gasteiger partial charge in [0, 0.05) is 22.8 Å². The quantitative estimate of drug-likeness (QED) is 0.490. The maximum absolute atomic E-state index is 12.4. The van der Waals surface area contributed by atoms with E-state index in [2.05, 4.69) is 32.7 Å². The van der Waals surface area contributed by atoms with Crippen molar-refractivity contribution in [1.29, 1.82) is 0 Å². The minimum absolute atomic E-state index is 0.234. The molecule has 7 nitrogen and oxygen atoms in total. The van der Waals surface area contributed by atoms with Crippen molar-refractivity contribution < 1.29 is 4.79 Å². The second-order valence-electron chi connectivity index (χ2n) is 5.67. The SMILES string of the molecule is C=C(Cn1nnc2ccccc21)NNC(=O)c1c[nH]c2ccccc12. The molecule has 0 radical (unpaired) electrons. The molecule has 25 heavy (non-hydrogen) atoms. The maximum atomic E-state index is 12.4. The Labute approximate surface area is 143 Å². The van der Waals surface area contributed by atoms with Crippen LogP contribution in [0.1, 0.15) is 10.4 Å². The van der Waals surface area contributed by atoms with Gasteiger partial charge in [0.2, 0.25) is 0 Å². The number of amides is 1. The topological polar surface area (TPSA) is 87.6 Å². The molecule has 7 heteroatoms. The molecule has 0 aliphatic carbocycles. The Morgan fingerprint density at radius 2 is 1.92 bits per heavy atom. The van der Waals surface area contributed by atoms with Crippen LogP contribution in [0.2, 0.25) is 0 Å². The van der Waals surface area contributed by atoms with E-state index in [9.17, 15) is 4.79 Å². The van der Waals surface area contributed by atoms with Crippen molar-refractivity contribution in [2.24, 2.45) is 0 Å². The van der Waals surface area contributed by atoms with E-state index in [1.54, 1.807) is 10.9 Å². The number of nitrogens with one attached hydrogen (secondary N) is 3. The molecule has 2 heterocycles. The van der Waals surface area contributed by atoms with E-state index in [-0.39, 0.29) is 5.91 Å². The van der Waals surface area contributed by atoms with E-state index in [0.29, 0.717) is 17.8 Å². The van der Waals surface area contributed by atoms with E-state index in [1.165, 1.54) is 0 Å². The van der Waals surface area contributed by atoms with E-state index in [1.807, 2.05) is 48.5 Å². The number of H-pyrrole nitrogens is 1. The number of carbonyl (C=O) groups is 1. The highest BCUT2D eigenvalue weighted by atomic mass is 16.2. The molecule has 2 aromatic carbocycles. The standard InChI is InChI=1S/C18H16N6O/c1-12(11-24-17-9-5-4-8-16(17)21-23-24)20-22-18(25)14-10-19-15-7-3-2-6-13(14)15/h2-10,19-20H,1,11H2,(H,22,25). The summed E-state index contributed by atoms with van der Waals surface area (Å²) in [6, 6.07) is 15.3. The lowest BCUT2D eigenvalue weighted by Gasteiger charge is -2.11. The van der Waals surface area contributed by atoms with Crippen molar-refractivity contribution in [3.8, 4) is 0 Å². The molecule has 0 aliphatic heterocycles. The Balaban J connectivity index is 1.42. The van der Waals surface area contributed by atoms with Crippen LogP contribution < -0.4 is 10.9 Å². The Morgan fingerprint density at radius 3 is 2.84 bits per heavy atom. The summed E-state index contributed by atoms with van der Waals surface area (Å²) in [6.45, 7) is 4.33. The van der Waals surface area contributed by atoms with Gasteiger partial charge in [-0.3, -0.25) is 10.2 Å². The zero-order chi connectivity index (χ0) is 17.2. The van der Waals surface area contributed by atoms with E-state index in [4.69, 9.17) is 0 Å². The molecule has 0 aliphatic rings. The second kappa shape index (κ2) is 6.12. The first-order chi connectivity index (χ1) is 12.2. The van der Waals surface area contributed by atoms with Gasteiger partial charge in [-0.25, -0.2) is 4.68 Å². The monoisotopic (exact) mass is 332 g/mol. The molecule has 4 aromatic rings. The Hall–Kier alpha value is -3.61. The van der Waals surface area contributed by atoms with Gasteiger partial charge in [-0.15, -0.1) is 5.10 Å². The molecule has 3 N–H and O–H groups in total. The first kappa shape index (κ1) is 14.9. The zero-order valence-electron chi connectivity index (χ0n) is 13.4. The molecular formula is C18H16N6O. The molecule has 1 amide bonds. The van der Waals surface area contributed by atoms with Crippen LogP contribution in [0.15, 0.2) is 67.0 Å². The number of carbonyl (C=O) groups excluding carboxylic acids is 1. The number of aromatic amines is 1. The summed E-state index contributed by atoms with van der Waals surface area (Å²) in [7, 11) is 0. The lowest BCUT2D eigenvalue weighted by Crippen LogP contribution is -2.37. The van der Waals surface area contributed by atoms with Gasteiger partial charge in [0.25, 0.3) is 5.91 Å². The Morgan fingerprint density at radius 1 is 1.12 bits per heavy atom. The van der Waals surface area contributed by atoms with Crippen LogP contribution in [-0.4, -0.2) is 25.9 Å². The summed E-state index contributed by atoms with van der Waals surface area (Å²) < 4.78 is 1.72. The summed E-state index contributed by atoms with van der Waals surface area (Å²) in [6.07, 6.45) is 1.69. The number of hydrogen-bond donors (Lipinski definition) is 3. The van der Waals surface area contributed by atoms with Crippen molar-refractivity contribution in [1.82, 2.24) is 30.8 Å². The van der Waals surface area contributed by atoms with Gasteiger partial charge in [0.15, 0.2) is 0 Å².